The summed E-state index contributed by atoms with van der Waals surface area (Å²) < 4.78 is 11.2. The Balaban J connectivity index is 1.66. The highest BCUT2D eigenvalue weighted by molar-refractivity contribution is 6.05. The van der Waals surface area contributed by atoms with Gasteiger partial charge in [0.1, 0.15) is 16.9 Å². The highest BCUT2D eigenvalue weighted by Crippen LogP contribution is 2.31. The summed E-state index contributed by atoms with van der Waals surface area (Å²) in [5.74, 6) is -1.18. The van der Waals surface area contributed by atoms with Crippen molar-refractivity contribution >= 4 is 33.9 Å². The molecule has 0 spiro atoms. The molecule has 5 nitrogen and oxygen atoms in total. The fourth-order valence-electron chi connectivity index (χ4n) is 2.97. The van der Waals surface area contributed by atoms with Gasteiger partial charge in [-0.3, -0.25) is 0 Å². The van der Waals surface area contributed by atoms with E-state index in [1.165, 1.54) is 18.2 Å². The second-order valence-corrected chi connectivity index (χ2v) is 5.98. The lowest BCUT2D eigenvalue weighted by atomic mass is 10.1. The molecule has 0 saturated heterocycles. The topological polar surface area (TPSA) is 76.7 Å². The lowest BCUT2D eigenvalue weighted by Crippen LogP contribution is -2.10. The van der Waals surface area contributed by atoms with E-state index >= 15 is 0 Å². The van der Waals surface area contributed by atoms with Crippen molar-refractivity contribution in [3.05, 3.63) is 77.4 Å². The third-order valence-corrected chi connectivity index (χ3v) is 4.25. The number of hydrogen-bond donors (Lipinski definition) is 1. The van der Waals surface area contributed by atoms with E-state index in [0.717, 1.165) is 16.4 Å². The Hall–Kier alpha value is -3.60. The number of aromatic carboxylic acids is 1. The van der Waals surface area contributed by atoms with Gasteiger partial charge in [0.2, 0.25) is 0 Å². The van der Waals surface area contributed by atoms with Crippen LogP contribution >= 0.6 is 0 Å². The summed E-state index contributed by atoms with van der Waals surface area (Å²) in [6, 6.07) is 17.2. The smallest absolute Gasteiger partial charge is 0.343 e. The number of furan rings is 1. The Bertz CT molecular complexity index is 1170. The zero-order chi connectivity index (χ0) is 18.3. The summed E-state index contributed by atoms with van der Waals surface area (Å²) in [4.78, 5) is 23.5. The van der Waals surface area contributed by atoms with Crippen molar-refractivity contribution in [3.63, 3.8) is 0 Å². The molecular formula is C21H14O5. The largest absolute Gasteiger partial charge is 0.478 e. The molecule has 26 heavy (non-hydrogen) atoms. The van der Waals surface area contributed by atoms with Crippen LogP contribution in [0.15, 0.2) is 65.1 Å². The molecule has 0 fully saturated rings. The van der Waals surface area contributed by atoms with Gasteiger partial charge in [0, 0.05) is 10.8 Å². The van der Waals surface area contributed by atoms with Crippen LogP contribution in [0.1, 0.15) is 26.3 Å². The van der Waals surface area contributed by atoms with E-state index in [1.807, 2.05) is 24.3 Å². The van der Waals surface area contributed by atoms with E-state index in [-0.39, 0.29) is 5.56 Å². The Kier molecular flexibility index (Phi) is 3.69. The van der Waals surface area contributed by atoms with Gasteiger partial charge in [-0.1, -0.05) is 18.2 Å². The molecule has 0 atom stereocenters. The molecule has 0 saturated carbocycles. The molecule has 4 rings (SSSR count). The third kappa shape index (κ3) is 2.69. The lowest BCUT2D eigenvalue weighted by molar-refractivity contribution is 0.0691. The van der Waals surface area contributed by atoms with Crippen LogP contribution in [0.4, 0.5) is 0 Å². The number of carboxylic acid groups (broad SMARTS) is 1. The van der Waals surface area contributed by atoms with Crippen LogP contribution in [0.3, 0.4) is 0 Å². The minimum atomic E-state index is -1.03. The van der Waals surface area contributed by atoms with E-state index in [9.17, 15) is 9.59 Å². The van der Waals surface area contributed by atoms with Crippen LogP contribution < -0.4 is 4.74 Å². The van der Waals surface area contributed by atoms with Crippen LogP contribution in [0.2, 0.25) is 0 Å². The molecule has 128 valence electrons. The van der Waals surface area contributed by atoms with Crippen molar-refractivity contribution < 1.29 is 23.8 Å². The van der Waals surface area contributed by atoms with E-state index in [1.54, 1.807) is 25.1 Å². The number of carbonyl (C=O) groups is 2. The fraction of sp³-hybridized carbons (Fsp3) is 0.0476. The molecule has 0 aliphatic carbocycles. The second-order valence-electron chi connectivity index (χ2n) is 5.98. The highest BCUT2D eigenvalue weighted by atomic mass is 16.5. The number of aryl methyl sites for hydroxylation is 1. The average Bonchev–Trinajstić information content (AvgIpc) is 2.99. The number of para-hydroxylation sites is 1. The monoisotopic (exact) mass is 346 g/mol. The van der Waals surface area contributed by atoms with Gasteiger partial charge < -0.3 is 14.3 Å². The fourth-order valence-corrected chi connectivity index (χ4v) is 2.97. The first-order chi connectivity index (χ1) is 12.5. The standard InChI is InChI=1S/C21H14O5/c1-12-10-13(6-8-15(12)20(22)23)21(24)25-14-7-9-19-17(11-14)16-4-2-3-5-18(16)26-19/h2-11H,1H3,(H,22,23). The molecule has 1 heterocycles. The second kappa shape index (κ2) is 6.04. The zero-order valence-corrected chi connectivity index (χ0v) is 13.9. The lowest BCUT2D eigenvalue weighted by Gasteiger charge is -2.06. The molecule has 1 aromatic heterocycles. The van der Waals surface area contributed by atoms with E-state index in [0.29, 0.717) is 22.5 Å². The van der Waals surface area contributed by atoms with Gasteiger partial charge in [-0.05, 0) is 55.0 Å². The SMILES string of the molecule is Cc1cc(C(=O)Oc2ccc3oc4ccccc4c3c2)ccc1C(=O)O. The van der Waals surface area contributed by atoms with E-state index in [4.69, 9.17) is 14.3 Å². The number of fused-ring (bicyclic) bond motifs is 3. The van der Waals surface area contributed by atoms with Crippen molar-refractivity contribution in [1.29, 1.82) is 0 Å². The maximum absolute atomic E-state index is 12.4. The number of carboxylic acids is 1. The first-order valence-corrected chi connectivity index (χ1v) is 8.00. The summed E-state index contributed by atoms with van der Waals surface area (Å²) in [6.07, 6.45) is 0. The van der Waals surface area contributed by atoms with Gasteiger partial charge in [-0.25, -0.2) is 9.59 Å². The first-order valence-electron chi connectivity index (χ1n) is 8.00. The van der Waals surface area contributed by atoms with Crippen LogP contribution in [0.25, 0.3) is 21.9 Å². The van der Waals surface area contributed by atoms with Gasteiger partial charge >= 0.3 is 11.9 Å². The van der Waals surface area contributed by atoms with Gasteiger partial charge in [-0.2, -0.15) is 0 Å². The number of carbonyl (C=O) groups excluding carboxylic acids is 1. The van der Waals surface area contributed by atoms with Gasteiger partial charge in [0.15, 0.2) is 0 Å². The highest BCUT2D eigenvalue weighted by Gasteiger charge is 2.14. The van der Waals surface area contributed by atoms with E-state index < -0.39 is 11.9 Å². The molecule has 1 N–H and O–H groups in total. The first kappa shape index (κ1) is 15.9. The molecule has 0 aliphatic rings. The Labute approximate surface area is 148 Å². The Morgan fingerprint density at radius 2 is 1.69 bits per heavy atom. The Morgan fingerprint density at radius 3 is 2.46 bits per heavy atom. The molecule has 0 bridgehead atoms. The molecule has 0 unspecified atom stereocenters. The normalized spacial score (nSPS) is 11.0. The molecule has 3 aromatic carbocycles. The van der Waals surface area contributed by atoms with Crippen molar-refractivity contribution in [2.45, 2.75) is 6.92 Å². The van der Waals surface area contributed by atoms with Crippen LogP contribution in [0.5, 0.6) is 5.75 Å². The number of ether oxygens (including phenoxy) is 1. The van der Waals surface area contributed by atoms with Gasteiger partial charge in [0.05, 0.1) is 11.1 Å². The van der Waals surface area contributed by atoms with E-state index in [2.05, 4.69) is 0 Å². The summed E-state index contributed by atoms with van der Waals surface area (Å²) in [5, 5.41) is 10.9. The molecule has 0 amide bonds. The summed E-state index contributed by atoms with van der Waals surface area (Å²) in [7, 11) is 0. The van der Waals surface area contributed by atoms with Crippen LogP contribution in [-0.4, -0.2) is 17.0 Å². The molecule has 0 aliphatic heterocycles. The average molecular weight is 346 g/mol. The van der Waals surface area contributed by atoms with Crippen molar-refractivity contribution in [2.24, 2.45) is 0 Å². The third-order valence-electron chi connectivity index (χ3n) is 4.25. The predicted octanol–water partition coefficient (Wildman–Crippen LogP) is 4.81. The minimum Gasteiger partial charge on any atom is -0.478 e. The Morgan fingerprint density at radius 1 is 0.923 bits per heavy atom. The number of esters is 1. The van der Waals surface area contributed by atoms with Crippen molar-refractivity contribution in [3.8, 4) is 5.75 Å². The molecule has 0 radical (unpaired) electrons. The number of rotatable bonds is 3. The number of benzene rings is 3. The molecular weight excluding hydrogens is 332 g/mol. The predicted molar refractivity (Wildman–Crippen MR) is 96.8 cm³/mol. The maximum atomic E-state index is 12.4. The van der Waals surface area contributed by atoms with Gasteiger partial charge in [0.25, 0.3) is 0 Å². The summed E-state index contributed by atoms with van der Waals surface area (Å²) in [5.41, 5.74) is 2.44. The minimum absolute atomic E-state index is 0.160. The number of hydrogen-bond acceptors (Lipinski definition) is 4. The maximum Gasteiger partial charge on any atom is 0.343 e. The van der Waals surface area contributed by atoms with Crippen molar-refractivity contribution in [2.75, 3.05) is 0 Å². The van der Waals surface area contributed by atoms with Crippen LogP contribution in [0, 0.1) is 6.92 Å². The summed E-state index contributed by atoms with van der Waals surface area (Å²) >= 11 is 0. The quantitative estimate of drug-likeness (QED) is 0.425. The van der Waals surface area contributed by atoms with Crippen LogP contribution in [-0.2, 0) is 0 Å². The molecule has 5 heteroatoms. The van der Waals surface area contributed by atoms with Crippen molar-refractivity contribution in [1.82, 2.24) is 0 Å². The van der Waals surface area contributed by atoms with Gasteiger partial charge in [-0.15, -0.1) is 0 Å². The zero-order valence-electron chi connectivity index (χ0n) is 13.9. The summed E-state index contributed by atoms with van der Waals surface area (Å²) in [6.45, 7) is 1.64. The molecule has 4 aromatic rings.